The van der Waals surface area contributed by atoms with E-state index in [2.05, 4.69) is 25.8 Å². The van der Waals surface area contributed by atoms with E-state index in [0.29, 0.717) is 35.6 Å². The standard InChI is InChI=1S/C17H25N5O2S/c1-17(2,3)15-21-14(24-22-15)5-4-13(23)20-16-19-10-12(25-16)11-6-8-18-9-7-11/h10-11,18H,4-9H2,1-3H3,(H,19,20,23). The van der Waals surface area contributed by atoms with E-state index in [1.54, 1.807) is 11.3 Å². The minimum Gasteiger partial charge on any atom is -0.339 e. The monoisotopic (exact) mass is 363 g/mol. The van der Waals surface area contributed by atoms with Gasteiger partial charge in [0.15, 0.2) is 11.0 Å². The van der Waals surface area contributed by atoms with Crippen molar-refractivity contribution < 1.29 is 9.32 Å². The number of nitrogens with one attached hydrogen (secondary N) is 2. The number of hydrogen-bond donors (Lipinski definition) is 2. The normalized spacial score (nSPS) is 16.1. The van der Waals surface area contributed by atoms with Gasteiger partial charge in [0.2, 0.25) is 11.8 Å². The molecule has 0 atom stereocenters. The fraction of sp³-hybridized carbons (Fsp3) is 0.647. The van der Waals surface area contributed by atoms with Crippen LogP contribution in [0.1, 0.15) is 62.5 Å². The molecular formula is C17H25N5O2S. The molecule has 136 valence electrons. The van der Waals surface area contributed by atoms with Gasteiger partial charge in [-0.3, -0.25) is 4.79 Å². The van der Waals surface area contributed by atoms with Gasteiger partial charge < -0.3 is 15.2 Å². The molecule has 0 bridgehead atoms. The maximum absolute atomic E-state index is 12.1. The number of nitrogens with zero attached hydrogens (tertiary/aromatic N) is 3. The molecule has 0 aliphatic carbocycles. The zero-order chi connectivity index (χ0) is 17.9. The van der Waals surface area contributed by atoms with Crippen molar-refractivity contribution in [2.24, 2.45) is 0 Å². The molecule has 3 heterocycles. The molecule has 8 heteroatoms. The lowest BCUT2D eigenvalue weighted by Crippen LogP contribution is -2.26. The van der Waals surface area contributed by atoms with Crippen molar-refractivity contribution in [3.63, 3.8) is 0 Å². The summed E-state index contributed by atoms with van der Waals surface area (Å²) < 4.78 is 5.22. The first-order valence-electron chi connectivity index (χ1n) is 8.71. The molecule has 1 aliphatic heterocycles. The average Bonchev–Trinajstić information content (AvgIpc) is 3.23. The lowest BCUT2D eigenvalue weighted by atomic mass is 9.96. The number of amides is 1. The Morgan fingerprint density at radius 1 is 1.40 bits per heavy atom. The molecule has 3 rings (SSSR count). The third kappa shape index (κ3) is 4.85. The van der Waals surface area contributed by atoms with Crippen molar-refractivity contribution in [1.82, 2.24) is 20.4 Å². The van der Waals surface area contributed by atoms with Crippen LogP contribution >= 0.6 is 11.3 Å². The highest BCUT2D eigenvalue weighted by atomic mass is 32.1. The highest BCUT2D eigenvalue weighted by Gasteiger charge is 2.21. The quantitative estimate of drug-likeness (QED) is 0.848. The molecule has 1 aliphatic rings. The molecule has 2 N–H and O–H groups in total. The van der Waals surface area contributed by atoms with E-state index >= 15 is 0 Å². The second-order valence-electron chi connectivity index (χ2n) is 7.40. The fourth-order valence-electron chi connectivity index (χ4n) is 2.70. The summed E-state index contributed by atoms with van der Waals surface area (Å²) in [7, 11) is 0. The Morgan fingerprint density at radius 2 is 2.16 bits per heavy atom. The molecule has 1 saturated heterocycles. The number of hydrogen-bond acceptors (Lipinski definition) is 7. The van der Waals surface area contributed by atoms with E-state index in [9.17, 15) is 4.79 Å². The van der Waals surface area contributed by atoms with Gasteiger partial charge in [0.1, 0.15) is 0 Å². The second kappa shape index (κ2) is 7.61. The van der Waals surface area contributed by atoms with E-state index in [0.717, 1.165) is 25.9 Å². The Labute approximate surface area is 151 Å². The first-order chi connectivity index (χ1) is 11.9. The Kier molecular flexibility index (Phi) is 5.48. The topological polar surface area (TPSA) is 92.9 Å². The number of rotatable bonds is 5. The first-order valence-corrected chi connectivity index (χ1v) is 9.53. The number of piperidine rings is 1. The average molecular weight is 363 g/mol. The third-order valence-electron chi connectivity index (χ3n) is 4.22. The van der Waals surface area contributed by atoms with Crippen LogP contribution in [0, 0.1) is 0 Å². The van der Waals surface area contributed by atoms with Crippen molar-refractivity contribution in [1.29, 1.82) is 0 Å². The number of aromatic nitrogens is 3. The summed E-state index contributed by atoms with van der Waals surface area (Å²) in [5.41, 5.74) is -0.157. The summed E-state index contributed by atoms with van der Waals surface area (Å²) in [4.78, 5) is 22.1. The Hall–Kier alpha value is -1.80. The number of anilines is 1. The molecule has 0 unspecified atom stereocenters. The van der Waals surface area contributed by atoms with Gasteiger partial charge in [-0.1, -0.05) is 25.9 Å². The smallest absolute Gasteiger partial charge is 0.227 e. The highest BCUT2D eigenvalue weighted by Crippen LogP contribution is 2.31. The summed E-state index contributed by atoms with van der Waals surface area (Å²) in [6.45, 7) is 8.17. The minimum atomic E-state index is -0.157. The Morgan fingerprint density at radius 3 is 2.84 bits per heavy atom. The van der Waals surface area contributed by atoms with Crippen LogP contribution in [0.2, 0.25) is 0 Å². The van der Waals surface area contributed by atoms with Gasteiger partial charge in [-0.2, -0.15) is 4.98 Å². The third-order valence-corrected chi connectivity index (χ3v) is 5.29. The van der Waals surface area contributed by atoms with Crippen LogP contribution in [0.15, 0.2) is 10.7 Å². The van der Waals surface area contributed by atoms with Crippen molar-refractivity contribution in [2.75, 3.05) is 18.4 Å². The molecule has 2 aromatic heterocycles. The summed E-state index contributed by atoms with van der Waals surface area (Å²) >= 11 is 1.57. The lowest BCUT2D eigenvalue weighted by Gasteiger charge is -2.20. The Bertz CT molecular complexity index is 713. The van der Waals surface area contributed by atoms with E-state index in [1.807, 2.05) is 27.0 Å². The fourth-order valence-corrected chi connectivity index (χ4v) is 3.70. The maximum Gasteiger partial charge on any atom is 0.227 e. The van der Waals surface area contributed by atoms with Gasteiger partial charge in [0, 0.05) is 29.3 Å². The molecule has 1 amide bonds. The molecule has 25 heavy (non-hydrogen) atoms. The van der Waals surface area contributed by atoms with Crippen LogP contribution in [0.4, 0.5) is 5.13 Å². The summed E-state index contributed by atoms with van der Waals surface area (Å²) in [6, 6.07) is 0. The predicted molar refractivity (Wildman–Crippen MR) is 96.9 cm³/mol. The van der Waals surface area contributed by atoms with E-state index < -0.39 is 0 Å². The molecule has 0 spiro atoms. The van der Waals surface area contributed by atoms with Crippen LogP contribution in [-0.2, 0) is 16.6 Å². The predicted octanol–water partition coefficient (Wildman–Crippen LogP) is 2.86. The highest BCUT2D eigenvalue weighted by molar-refractivity contribution is 7.15. The zero-order valence-corrected chi connectivity index (χ0v) is 15.8. The zero-order valence-electron chi connectivity index (χ0n) is 15.0. The molecule has 1 fully saturated rings. The van der Waals surface area contributed by atoms with Gasteiger partial charge in [-0.25, -0.2) is 4.98 Å². The summed E-state index contributed by atoms with van der Waals surface area (Å²) in [5, 5.41) is 10.9. The van der Waals surface area contributed by atoms with Gasteiger partial charge >= 0.3 is 0 Å². The molecule has 0 aromatic carbocycles. The van der Waals surface area contributed by atoms with E-state index in [-0.39, 0.29) is 11.3 Å². The molecule has 7 nitrogen and oxygen atoms in total. The number of carbonyl (C=O) groups is 1. The van der Waals surface area contributed by atoms with Crippen molar-refractivity contribution in [2.45, 2.75) is 57.8 Å². The van der Waals surface area contributed by atoms with Crippen LogP contribution in [0.3, 0.4) is 0 Å². The van der Waals surface area contributed by atoms with Crippen molar-refractivity contribution in [3.8, 4) is 0 Å². The number of aryl methyl sites for hydroxylation is 1. The first kappa shape index (κ1) is 18.0. The summed E-state index contributed by atoms with van der Waals surface area (Å²) in [6.07, 6.45) is 4.88. The molecule has 0 saturated carbocycles. The van der Waals surface area contributed by atoms with Crippen LogP contribution < -0.4 is 10.6 Å². The maximum atomic E-state index is 12.1. The molecule has 2 aromatic rings. The van der Waals surface area contributed by atoms with Crippen molar-refractivity contribution in [3.05, 3.63) is 22.8 Å². The van der Waals surface area contributed by atoms with Gasteiger partial charge in [-0.05, 0) is 31.8 Å². The minimum absolute atomic E-state index is 0.0817. The molecular weight excluding hydrogens is 338 g/mol. The second-order valence-corrected chi connectivity index (χ2v) is 8.46. The number of carbonyl (C=O) groups excluding carboxylic acids is 1. The molecule has 0 radical (unpaired) electrons. The van der Waals surface area contributed by atoms with E-state index in [1.165, 1.54) is 4.88 Å². The number of thiazole rings is 1. The Balaban J connectivity index is 1.49. The lowest BCUT2D eigenvalue weighted by molar-refractivity contribution is -0.116. The largest absolute Gasteiger partial charge is 0.339 e. The SMILES string of the molecule is CC(C)(C)c1noc(CCC(=O)Nc2ncc(C3CCNCC3)s2)n1. The van der Waals surface area contributed by atoms with Crippen LogP contribution in [0.25, 0.3) is 0 Å². The van der Waals surface area contributed by atoms with Crippen LogP contribution in [0.5, 0.6) is 0 Å². The van der Waals surface area contributed by atoms with Gasteiger partial charge in [0.05, 0.1) is 0 Å². The van der Waals surface area contributed by atoms with Gasteiger partial charge in [0.25, 0.3) is 0 Å². The summed E-state index contributed by atoms with van der Waals surface area (Å²) in [5.74, 6) is 1.63. The van der Waals surface area contributed by atoms with Crippen LogP contribution in [-0.4, -0.2) is 34.1 Å². The van der Waals surface area contributed by atoms with E-state index in [4.69, 9.17) is 4.52 Å². The van der Waals surface area contributed by atoms with Gasteiger partial charge in [-0.15, -0.1) is 11.3 Å². The van der Waals surface area contributed by atoms with Crippen molar-refractivity contribution >= 4 is 22.4 Å².